The highest BCUT2D eigenvalue weighted by atomic mass is 16.5. The maximum Gasteiger partial charge on any atom is 0.159 e. The third kappa shape index (κ3) is 4.31. The molecule has 1 atom stereocenters. The molecule has 3 aromatic rings. The average molecular weight is 362 g/mol. The molecule has 1 aromatic carbocycles. The summed E-state index contributed by atoms with van der Waals surface area (Å²) in [5.41, 5.74) is 6.71. The molecule has 5 heteroatoms. The van der Waals surface area contributed by atoms with Gasteiger partial charge in [-0.2, -0.15) is 0 Å². The molecule has 0 radical (unpaired) electrons. The first-order chi connectivity index (χ1) is 13.0. The first-order valence-corrected chi connectivity index (χ1v) is 9.11. The van der Waals surface area contributed by atoms with E-state index >= 15 is 0 Å². The van der Waals surface area contributed by atoms with Crippen LogP contribution in [0.4, 0.5) is 0 Å². The molecule has 0 aliphatic heterocycles. The topological polar surface area (TPSA) is 59.9 Å². The molecule has 0 aliphatic rings. The lowest BCUT2D eigenvalue weighted by molar-refractivity contribution is 0.411. The van der Waals surface area contributed by atoms with Crippen LogP contribution < -0.4 is 10.1 Å². The first kappa shape index (κ1) is 19.0. The number of benzene rings is 1. The zero-order valence-electron chi connectivity index (χ0n) is 16.6. The molecule has 27 heavy (non-hydrogen) atoms. The minimum atomic E-state index is 0.151. The number of nitrogens with one attached hydrogen (secondary N) is 1. The van der Waals surface area contributed by atoms with Crippen LogP contribution in [0.1, 0.15) is 40.9 Å². The SMILES string of the molecule is COc1cc(C)c(CN[C@@H](C)c2cnc(-c3ccncc3)nc2C)cc1C. The molecule has 140 valence electrons. The van der Waals surface area contributed by atoms with Crippen molar-refractivity contribution in [3.05, 3.63) is 70.8 Å². The third-order valence-corrected chi connectivity index (χ3v) is 4.87. The Kier molecular flexibility index (Phi) is 5.81. The summed E-state index contributed by atoms with van der Waals surface area (Å²) in [6, 6.07) is 8.27. The van der Waals surface area contributed by atoms with Crippen LogP contribution in [0.3, 0.4) is 0 Å². The highest BCUT2D eigenvalue weighted by Crippen LogP contribution is 2.24. The largest absolute Gasteiger partial charge is 0.496 e. The molecular weight excluding hydrogens is 336 g/mol. The summed E-state index contributed by atoms with van der Waals surface area (Å²) in [6.45, 7) is 9.14. The van der Waals surface area contributed by atoms with Gasteiger partial charge in [0.25, 0.3) is 0 Å². The lowest BCUT2D eigenvalue weighted by atomic mass is 10.0. The van der Waals surface area contributed by atoms with E-state index in [0.29, 0.717) is 0 Å². The molecule has 5 nitrogen and oxygen atoms in total. The maximum atomic E-state index is 5.40. The van der Waals surface area contributed by atoms with Crippen molar-refractivity contribution in [2.75, 3.05) is 7.11 Å². The Labute approximate surface area is 160 Å². The second kappa shape index (κ2) is 8.27. The van der Waals surface area contributed by atoms with Gasteiger partial charge in [0.2, 0.25) is 0 Å². The number of aromatic nitrogens is 3. The number of ether oxygens (including phenoxy) is 1. The Bertz CT molecular complexity index is 925. The number of nitrogens with zero attached hydrogens (tertiary/aromatic N) is 3. The lowest BCUT2D eigenvalue weighted by Crippen LogP contribution is -2.20. The van der Waals surface area contributed by atoms with E-state index in [1.165, 1.54) is 11.1 Å². The van der Waals surface area contributed by atoms with E-state index < -0.39 is 0 Å². The van der Waals surface area contributed by atoms with Gasteiger partial charge in [-0.3, -0.25) is 4.98 Å². The normalized spacial score (nSPS) is 12.0. The van der Waals surface area contributed by atoms with Crippen molar-refractivity contribution >= 4 is 0 Å². The van der Waals surface area contributed by atoms with Crippen molar-refractivity contribution in [1.82, 2.24) is 20.3 Å². The first-order valence-electron chi connectivity index (χ1n) is 9.11. The van der Waals surface area contributed by atoms with E-state index in [-0.39, 0.29) is 6.04 Å². The van der Waals surface area contributed by atoms with Crippen LogP contribution in [0.25, 0.3) is 11.4 Å². The van der Waals surface area contributed by atoms with Gasteiger partial charge in [0.1, 0.15) is 5.75 Å². The highest BCUT2D eigenvalue weighted by molar-refractivity contribution is 5.54. The monoisotopic (exact) mass is 362 g/mol. The van der Waals surface area contributed by atoms with Crippen LogP contribution in [0.2, 0.25) is 0 Å². The zero-order valence-corrected chi connectivity index (χ0v) is 16.6. The molecular formula is C22H26N4O. The quantitative estimate of drug-likeness (QED) is 0.707. The van der Waals surface area contributed by atoms with Crippen molar-refractivity contribution in [3.63, 3.8) is 0 Å². The van der Waals surface area contributed by atoms with E-state index in [2.05, 4.69) is 53.2 Å². The molecule has 0 spiro atoms. The van der Waals surface area contributed by atoms with Crippen LogP contribution in [0, 0.1) is 20.8 Å². The van der Waals surface area contributed by atoms with Crippen molar-refractivity contribution in [1.29, 1.82) is 0 Å². The van der Waals surface area contributed by atoms with E-state index in [9.17, 15) is 0 Å². The Morgan fingerprint density at radius 1 is 1.07 bits per heavy atom. The molecule has 0 saturated heterocycles. The van der Waals surface area contributed by atoms with Crippen LogP contribution in [0.5, 0.6) is 5.75 Å². The van der Waals surface area contributed by atoms with Crippen molar-refractivity contribution in [3.8, 4) is 17.1 Å². The molecule has 1 N–H and O–H groups in total. The molecule has 3 rings (SSSR count). The molecule has 0 unspecified atom stereocenters. The predicted molar refractivity (Wildman–Crippen MR) is 108 cm³/mol. The minimum Gasteiger partial charge on any atom is -0.496 e. The van der Waals surface area contributed by atoms with Crippen LogP contribution >= 0.6 is 0 Å². The maximum absolute atomic E-state index is 5.40. The fourth-order valence-electron chi connectivity index (χ4n) is 3.17. The number of hydrogen-bond acceptors (Lipinski definition) is 5. The van der Waals surface area contributed by atoms with Crippen molar-refractivity contribution in [2.45, 2.75) is 40.3 Å². The summed E-state index contributed by atoms with van der Waals surface area (Å²) in [6.07, 6.45) is 5.43. The summed E-state index contributed by atoms with van der Waals surface area (Å²) in [4.78, 5) is 13.3. The van der Waals surface area contributed by atoms with Crippen molar-refractivity contribution < 1.29 is 4.74 Å². The van der Waals surface area contributed by atoms with Gasteiger partial charge < -0.3 is 10.1 Å². The van der Waals surface area contributed by atoms with E-state index in [4.69, 9.17) is 4.74 Å². The molecule has 0 aliphatic carbocycles. The van der Waals surface area contributed by atoms with Gasteiger partial charge in [-0.25, -0.2) is 9.97 Å². The summed E-state index contributed by atoms with van der Waals surface area (Å²) in [7, 11) is 1.71. The summed E-state index contributed by atoms with van der Waals surface area (Å²) >= 11 is 0. The molecule has 2 aromatic heterocycles. The molecule has 0 fully saturated rings. The number of aryl methyl sites for hydroxylation is 3. The van der Waals surface area contributed by atoms with Gasteiger partial charge in [-0.15, -0.1) is 0 Å². The van der Waals surface area contributed by atoms with Crippen LogP contribution in [0.15, 0.2) is 42.9 Å². The summed E-state index contributed by atoms with van der Waals surface area (Å²) < 4.78 is 5.40. The number of hydrogen-bond donors (Lipinski definition) is 1. The summed E-state index contributed by atoms with van der Waals surface area (Å²) in [5.74, 6) is 1.66. The average Bonchev–Trinajstić information content (AvgIpc) is 2.68. The van der Waals surface area contributed by atoms with Gasteiger partial charge in [0.05, 0.1) is 7.11 Å². The van der Waals surface area contributed by atoms with Crippen LogP contribution in [-0.2, 0) is 6.54 Å². The Morgan fingerprint density at radius 2 is 1.81 bits per heavy atom. The molecule has 0 bridgehead atoms. The fourth-order valence-corrected chi connectivity index (χ4v) is 3.17. The van der Waals surface area contributed by atoms with Gasteiger partial charge in [-0.1, -0.05) is 6.07 Å². The summed E-state index contributed by atoms with van der Waals surface area (Å²) in [5, 5.41) is 3.59. The van der Waals surface area contributed by atoms with Gasteiger partial charge in [0.15, 0.2) is 5.82 Å². The zero-order chi connectivity index (χ0) is 19.4. The predicted octanol–water partition coefficient (Wildman–Crippen LogP) is 4.32. The van der Waals surface area contributed by atoms with Crippen molar-refractivity contribution in [2.24, 2.45) is 0 Å². The fraction of sp³-hybridized carbons (Fsp3) is 0.318. The van der Waals surface area contributed by atoms with E-state index in [1.54, 1.807) is 19.5 Å². The molecule has 0 amide bonds. The standard InChI is InChI=1S/C22H26N4O/c1-14-11-21(27-5)15(2)10-19(14)12-24-16(3)20-13-25-22(26-17(20)4)18-6-8-23-9-7-18/h6-11,13,16,24H,12H2,1-5H3/t16-/m0/s1. The van der Waals surface area contributed by atoms with Gasteiger partial charge in [0, 0.05) is 48.0 Å². The van der Waals surface area contributed by atoms with Gasteiger partial charge in [-0.05, 0) is 62.6 Å². The smallest absolute Gasteiger partial charge is 0.159 e. The molecule has 0 saturated carbocycles. The van der Waals surface area contributed by atoms with Crippen LogP contribution in [-0.4, -0.2) is 22.1 Å². The number of methoxy groups -OCH3 is 1. The number of pyridine rings is 1. The van der Waals surface area contributed by atoms with E-state index in [0.717, 1.165) is 40.5 Å². The minimum absolute atomic E-state index is 0.151. The Morgan fingerprint density at radius 3 is 2.48 bits per heavy atom. The second-order valence-corrected chi connectivity index (χ2v) is 6.82. The third-order valence-electron chi connectivity index (χ3n) is 4.87. The Balaban J connectivity index is 1.73. The van der Waals surface area contributed by atoms with E-state index in [1.807, 2.05) is 25.3 Å². The molecule has 2 heterocycles. The second-order valence-electron chi connectivity index (χ2n) is 6.82. The Hall–Kier alpha value is -2.79. The highest BCUT2D eigenvalue weighted by Gasteiger charge is 2.13. The number of rotatable bonds is 6. The van der Waals surface area contributed by atoms with Gasteiger partial charge >= 0.3 is 0 Å². The lowest BCUT2D eigenvalue weighted by Gasteiger charge is -2.18.